The van der Waals surface area contributed by atoms with Gasteiger partial charge < -0.3 is 14.7 Å². The summed E-state index contributed by atoms with van der Waals surface area (Å²) in [5.74, 6) is -0.421. The van der Waals surface area contributed by atoms with Crippen LogP contribution in [0.5, 0.6) is 0 Å². The molecule has 1 saturated heterocycles. The topological polar surface area (TPSA) is 26.8 Å². The fourth-order valence-electron chi connectivity index (χ4n) is 4.42. The molecule has 0 bridgehead atoms. The van der Waals surface area contributed by atoms with E-state index in [1.54, 1.807) is 17.9 Å². The second kappa shape index (κ2) is 11.5. The van der Waals surface area contributed by atoms with Gasteiger partial charge in [0.05, 0.1) is 23.2 Å². The summed E-state index contributed by atoms with van der Waals surface area (Å²) in [5.41, 5.74) is -1.77. The summed E-state index contributed by atoms with van der Waals surface area (Å²) in [6.07, 6.45) is -9.45. The third-order valence-corrected chi connectivity index (χ3v) is 6.69. The second-order valence-electron chi connectivity index (χ2n) is 9.21. The SMILES string of the molecule is Cc1cc(F)ccc1[C@H]1CCN(C)CCN1C(=O)N(C)[C@H](C)c1cc(C(F)(F)F)cc(C(F)(F)F)c1.Cl. The molecule has 1 aliphatic heterocycles. The van der Waals surface area contributed by atoms with Gasteiger partial charge in [-0.1, -0.05) is 6.07 Å². The van der Waals surface area contributed by atoms with Crippen LogP contribution in [0, 0.1) is 12.7 Å². The standard InChI is InChI=1S/C25H28F7N3O.ClH/c1-15-11-20(26)5-6-21(15)22-7-8-33(3)9-10-35(22)23(36)34(4)16(2)17-12-18(24(27,28)29)14-19(13-17)25(30,31)32;/h5-6,11-14,16,22H,7-10H2,1-4H3;1H/t16-,22-;/m1./s1. The Morgan fingerprint density at radius 2 is 1.54 bits per heavy atom. The first-order valence-corrected chi connectivity index (χ1v) is 11.4. The van der Waals surface area contributed by atoms with Gasteiger partial charge in [0.25, 0.3) is 0 Å². The van der Waals surface area contributed by atoms with Crippen molar-refractivity contribution in [3.8, 4) is 0 Å². The van der Waals surface area contributed by atoms with E-state index in [9.17, 15) is 35.5 Å². The summed E-state index contributed by atoms with van der Waals surface area (Å²) >= 11 is 0. The zero-order valence-electron chi connectivity index (χ0n) is 20.8. The Hall–Kier alpha value is -2.53. The maximum absolute atomic E-state index is 13.7. The smallest absolute Gasteiger partial charge is 0.321 e. The zero-order chi connectivity index (χ0) is 27.0. The molecule has 3 rings (SSSR count). The van der Waals surface area contributed by atoms with Crippen LogP contribution in [-0.2, 0) is 12.4 Å². The van der Waals surface area contributed by atoms with E-state index in [0.717, 1.165) is 10.5 Å². The van der Waals surface area contributed by atoms with Crippen LogP contribution >= 0.6 is 12.4 Å². The molecular formula is C25H29ClF7N3O. The highest BCUT2D eigenvalue weighted by molar-refractivity contribution is 5.85. The van der Waals surface area contributed by atoms with Gasteiger partial charge >= 0.3 is 18.4 Å². The Labute approximate surface area is 217 Å². The van der Waals surface area contributed by atoms with E-state index < -0.39 is 47.4 Å². The predicted octanol–water partition coefficient (Wildman–Crippen LogP) is 7.09. The minimum atomic E-state index is -4.99. The van der Waals surface area contributed by atoms with Crippen LogP contribution in [-0.4, -0.2) is 54.5 Å². The highest BCUT2D eigenvalue weighted by Gasteiger charge is 2.38. The van der Waals surface area contributed by atoms with Crippen LogP contribution in [0.3, 0.4) is 0 Å². The molecule has 1 heterocycles. The van der Waals surface area contributed by atoms with Crippen molar-refractivity contribution in [3.63, 3.8) is 0 Å². The van der Waals surface area contributed by atoms with E-state index in [1.807, 2.05) is 11.9 Å². The maximum atomic E-state index is 13.7. The van der Waals surface area contributed by atoms with Gasteiger partial charge in [-0.3, -0.25) is 0 Å². The van der Waals surface area contributed by atoms with Gasteiger partial charge in [0.1, 0.15) is 5.82 Å². The molecule has 4 nitrogen and oxygen atoms in total. The number of rotatable bonds is 3. The van der Waals surface area contributed by atoms with E-state index in [4.69, 9.17) is 0 Å². The van der Waals surface area contributed by atoms with Crippen LogP contribution in [0.2, 0.25) is 0 Å². The lowest BCUT2D eigenvalue weighted by Crippen LogP contribution is -2.45. The lowest BCUT2D eigenvalue weighted by atomic mass is 9.97. The van der Waals surface area contributed by atoms with Crippen molar-refractivity contribution in [2.45, 2.75) is 44.7 Å². The number of likely N-dealkylation sites (N-methyl/N-ethyl adjacent to an activating group) is 1. The molecule has 0 aromatic heterocycles. The first-order valence-electron chi connectivity index (χ1n) is 11.4. The van der Waals surface area contributed by atoms with E-state index in [-0.39, 0.29) is 30.6 Å². The van der Waals surface area contributed by atoms with E-state index in [0.29, 0.717) is 37.2 Å². The van der Waals surface area contributed by atoms with Crippen LogP contribution in [0.4, 0.5) is 35.5 Å². The molecule has 1 fully saturated rings. The summed E-state index contributed by atoms with van der Waals surface area (Å²) in [4.78, 5) is 18.3. The zero-order valence-corrected chi connectivity index (χ0v) is 21.6. The van der Waals surface area contributed by atoms with Gasteiger partial charge in [0, 0.05) is 26.7 Å². The van der Waals surface area contributed by atoms with Crippen LogP contribution in [0.15, 0.2) is 36.4 Å². The Morgan fingerprint density at radius 3 is 2.05 bits per heavy atom. The average Bonchev–Trinajstić information content (AvgIpc) is 2.97. The first-order chi connectivity index (χ1) is 16.6. The molecule has 37 heavy (non-hydrogen) atoms. The number of nitrogens with zero attached hydrogens (tertiary/aromatic N) is 3. The van der Waals surface area contributed by atoms with Gasteiger partial charge in [-0.25, -0.2) is 9.18 Å². The molecule has 1 aliphatic rings. The molecule has 0 aliphatic carbocycles. The number of hydrogen-bond donors (Lipinski definition) is 0. The molecule has 0 unspecified atom stereocenters. The molecule has 0 N–H and O–H groups in total. The van der Waals surface area contributed by atoms with Crippen molar-refractivity contribution in [3.05, 3.63) is 70.0 Å². The van der Waals surface area contributed by atoms with Crippen molar-refractivity contribution < 1.29 is 35.5 Å². The highest BCUT2D eigenvalue weighted by Crippen LogP contribution is 2.39. The molecule has 2 atom stereocenters. The largest absolute Gasteiger partial charge is 0.416 e. The molecule has 2 aromatic rings. The molecule has 0 saturated carbocycles. The third-order valence-electron chi connectivity index (χ3n) is 6.69. The maximum Gasteiger partial charge on any atom is 0.416 e. The van der Waals surface area contributed by atoms with Gasteiger partial charge in [0.15, 0.2) is 0 Å². The summed E-state index contributed by atoms with van der Waals surface area (Å²) in [6.45, 7) is 4.56. The lowest BCUT2D eigenvalue weighted by Gasteiger charge is -2.37. The number of aryl methyl sites for hydroxylation is 1. The number of amides is 2. The number of halogens is 8. The summed E-state index contributed by atoms with van der Waals surface area (Å²) in [7, 11) is 3.24. The summed E-state index contributed by atoms with van der Waals surface area (Å²) in [5, 5.41) is 0. The second-order valence-corrected chi connectivity index (χ2v) is 9.21. The van der Waals surface area contributed by atoms with Crippen molar-refractivity contribution in [1.29, 1.82) is 0 Å². The Bertz CT molecular complexity index is 1070. The van der Waals surface area contributed by atoms with E-state index in [2.05, 4.69) is 0 Å². The van der Waals surface area contributed by atoms with Crippen LogP contribution in [0.25, 0.3) is 0 Å². The quantitative estimate of drug-likeness (QED) is 0.378. The summed E-state index contributed by atoms with van der Waals surface area (Å²) in [6, 6.07) is 3.54. The van der Waals surface area contributed by atoms with Gasteiger partial charge in [-0.05, 0) is 74.3 Å². The van der Waals surface area contributed by atoms with Crippen molar-refractivity contribution in [1.82, 2.24) is 14.7 Å². The third kappa shape index (κ3) is 7.07. The van der Waals surface area contributed by atoms with Gasteiger partial charge in [0.2, 0.25) is 0 Å². The summed E-state index contributed by atoms with van der Waals surface area (Å²) < 4.78 is 93.8. The lowest BCUT2D eigenvalue weighted by molar-refractivity contribution is -0.143. The number of urea groups is 1. The van der Waals surface area contributed by atoms with Gasteiger partial charge in [-0.2, -0.15) is 26.3 Å². The number of carbonyl (C=O) groups is 1. The molecule has 2 amide bonds. The van der Waals surface area contributed by atoms with Crippen LogP contribution in [0.1, 0.15) is 53.2 Å². The predicted molar refractivity (Wildman–Crippen MR) is 128 cm³/mol. The number of benzene rings is 2. The monoisotopic (exact) mass is 555 g/mol. The van der Waals surface area contributed by atoms with Crippen molar-refractivity contribution in [2.24, 2.45) is 0 Å². The number of hydrogen-bond acceptors (Lipinski definition) is 2. The Morgan fingerprint density at radius 1 is 0.973 bits per heavy atom. The Balaban J connectivity index is 0.00000481. The fraction of sp³-hybridized carbons (Fsp3) is 0.480. The van der Waals surface area contributed by atoms with Gasteiger partial charge in [-0.15, -0.1) is 12.4 Å². The number of alkyl halides is 6. The fourth-order valence-corrected chi connectivity index (χ4v) is 4.42. The van der Waals surface area contributed by atoms with E-state index >= 15 is 0 Å². The molecular weight excluding hydrogens is 527 g/mol. The molecule has 2 aromatic carbocycles. The minimum absolute atomic E-state index is 0. The highest BCUT2D eigenvalue weighted by atomic mass is 35.5. The van der Waals surface area contributed by atoms with Crippen molar-refractivity contribution >= 4 is 18.4 Å². The molecule has 0 radical (unpaired) electrons. The van der Waals surface area contributed by atoms with Crippen LogP contribution < -0.4 is 0 Å². The number of carbonyl (C=O) groups excluding carboxylic acids is 1. The normalized spacial score (nSPS) is 18.1. The molecule has 206 valence electrons. The average molecular weight is 556 g/mol. The first kappa shape index (κ1) is 30.7. The molecule has 0 spiro atoms. The minimum Gasteiger partial charge on any atom is -0.321 e. The molecule has 12 heteroatoms. The Kier molecular flexibility index (Phi) is 9.51. The van der Waals surface area contributed by atoms with Crippen molar-refractivity contribution in [2.75, 3.05) is 33.7 Å². The van der Waals surface area contributed by atoms with E-state index in [1.165, 1.54) is 26.1 Å².